The van der Waals surface area contributed by atoms with Gasteiger partial charge in [0.05, 0.1) is 6.61 Å². The Morgan fingerprint density at radius 3 is 2.35 bits per heavy atom. The molecule has 0 aliphatic rings. The Hall–Kier alpha value is -1.30. The van der Waals surface area contributed by atoms with Crippen molar-refractivity contribution in [2.75, 3.05) is 0 Å². The smallest absolute Gasteiger partial charge is 0.222 e. The molecule has 23 heavy (non-hydrogen) atoms. The number of aromatic nitrogens is 2. The van der Waals surface area contributed by atoms with Gasteiger partial charge in [0.2, 0.25) is 5.28 Å². The van der Waals surface area contributed by atoms with Crippen LogP contribution in [0.5, 0.6) is 0 Å². The molecule has 0 amide bonds. The fourth-order valence-electron chi connectivity index (χ4n) is 1.84. The Kier molecular flexibility index (Phi) is 5.23. The highest BCUT2D eigenvalue weighted by molar-refractivity contribution is 6.74. The third-order valence-electron chi connectivity index (χ3n) is 4.40. The Balaban J connectivity index is 2.25. The standard InChI is InChI=1S/C17H22ClFN2OSi/c1-17(2,3)23(4,5)22-11-12-7-6-8-14(15(12)19)13-9-20-16(18)21-10-13/h6-10H,11H2,1-5H3. The summed E-state index contributed by atoms with van der Waals surface area (Å²) in [5, 5.41) is 0.233. The van der Waals surface area contributed by atoms with E-state index < -0.39 is 8.32 Å². The van der Waals surface area contributed by atoms with Gasteiger partial charge in [0.25, 0.3) is 0 Å². The Bertz CT molecular complexity index is 684. The van der Waals surface area contributed by atoms with Crippen molar-refractivity contribution >= 4 is 19.9 Å². The molecule has 0 N–H and O–H groups in total. The predicted molar refractivity (Wildman–Crippen MR) is 94.4 cm³/mol. The summed E-state index contributed by atoms with van der Waals surface area (Å²) in [6.07, 6.45) is 3.04. The van der Waals surface area contributed by atoms with E-state index in [-0.39, 0.29) is 22.7 Å². The maximum Gasteiger partial charge on any atom is 0.222 e. The van der Waals surface area contributed by atoms with Gasteiger partial charge in [0.15, 0.2) is 8.32 Å². The Morgan fingerprint density at radius 1 is 1.17 bits per heavy atom. The van der Waals surface area contributed by atoms with E-state index in [1.54, 1.807) is 12.1 Å². The molecular weight excluding hydrogens is 331 g/mol. The summed E-state index contributed by atoms with van der Waals surface area (Å²) in [5.41, 5.74) is 1.60. The summed E-state index contributed by atoms with van der Waals surface area (Å²) in [4.78, 5) is 7.81. The SMILES string of the molecule is CC(C)(C)[Si](C)(C)OCc1cccc(-c2cnc(Cl)nc2)c1F. The van der Waals surface area contributed by atoms with E-state index in [0.717, 1.165) is 0 Å². The van der Waals surface area contributed by atoms with Crippen molar-refractivity contribution in [3.63, 3.8) is 0 Å². The van der Waals surface area contributed by atoms with E-state index in [9.17, 15) is 4.39 Å². The zero-order chi connectivity index (χ0) is 17.3. The largest absolute Gasteiger partial charge is 0.412 e. The van der Waals surface area contributed by atoms with Crippen LogP contribution in [0.25, 0.3) is 11.1 Å². The number of hydrogen-bond donors (Lipinski definition) is 0. The molecule has 0 radical (unpaired) electrons. The van der Waals surface area contributed by atoms with E-state index in [2.05, 4.69) is 43.8 Å². The molecule has 3 nitrogen and oxygen atoms in total. The van der Waals surface area contributed by atoms with E-state index >= 15 is 0 Å². The van der Waals surface area contributed by atoms with Crippen molar-refractivity contribution in [3.05, 3.63) is 47.3 Å². The average Bonchev–Trinajstić information content (AvgIpc) is 2.46. The molecule has 0 saturated carbocycles. The summed E-state index contributed by atoms with van der Waals surface area (Å²) >= 11 is 5.68. The average molecular weight is 353 g/mol. The van der Waals surface area contributed by atoms with Crippen LogP contribution >= 0.6 is 11.6 Å². The van der Waals surface area contributed by atoms with Crippen LogP contribution in [-0.2, 0) is 11.0 Å². The van der Waals surface area contributed by atoms with Gasteiger partial charge in [-0.15, -0.1) is 0 Å². The number of nitrogens with zero attached hydrogens (tertiary/aromatic N) is 2. The number of rotatable bonds is 4. The van der Waals surface area contributed by atoms with Crippen LogP contribution in [0.2, 0.25) is 23.4 Å². The summed E-state index contributed by atoms with van der Waals surface area (Å²) in [7, 11) is -1.92. The molecular formula is C17H22ClFN2OSi. The predicted octanol–water partition coefficient (Wildman–Crippen LogP) is 5.46. The topological polar surface area (TPSA) is 35.0 Å². The second-order valence-corrected chi connectivity index (χ2v) is 12.2. The van der Waals surface area contributed by atoms with Gasteiger partial charge in [-0.3, -0.25) is 0 Å². The van der Waals surface area contributed by atoms with Gasteiger partial charge in [0, 0.05) is 29.1 Å². The minimum absolute atomic E-state index is 0.0884. The summed E-state index contributed by atoms with van der Waals surface area (Å²) < 4.78 is 20.9. The highest BCUT2D eigenvalue weighted by Gasteiger charge is 2.37. The third kappa shape index (κ3) is 4.16. The lowest BCUT2D eigenvalue weighted by molar-refractivity contribution is 0.271. The molecule has 1 heterocycles. The van der Waals surface area contributed by atoms with Crippen LogP contribution in [0.15, 0.2) is 30.6 Å². The van der Waals surface area contributed by atoms with Crippen LogP contribution in [0, 0.1) is 5.82 Å². The first-order chi connectivity index (χ1) is 10.6. The van der Waals surface area contributed by atoms with E-state index in [1.165, 1.54) is 12.4 Å². The lowest BCUT2D eigenvalue weighted by Crippen LogP contribution is -2.40. The van der Waals surface area contributed by atoms with E-state index in [1.807, 2.05) is 6.07 Å². The molecule has 2 rings (SSSR count). The van der Waals surface area contributed by atoms with Crippen LogP contribution in [-0.4, -0.2) is 18.3 Å². The molecule has 124 valence electrons. The molecule has 1 aromatic carbocycles. The maximum atomic E-state index is 14.8. The van der Waals surface area contributed by atoms with Crippen molar-refractivity contribution in [2.24, 2.45) is 0 Å². The van der Waals surface area contributed by atoms with Crippen molar-refractivity contribution < 1.29 is 8.82 Å². The molecule has 0 aliphatic carbocycles. The zero-order valence-electron chi connectivity index (χ0n) is 14.2. The van der Waals surface area contributed by atoms with Crippen LogP contribution < -0.4 is 0 Å². The molecule has 6 heteroatoms. The normalized spacial score (nSPS) is 12.5. The molecule has 0 atom stereocenters. The van der Waals surface area contributed by atoms with Crippen molar-refractivity contribution in [1.82, 2.24) is 9.97 Å². The molecule has 0 fully saturated rings. The molecule has 0 aliphatic heterocycles. The summed E-state index contributed by atoms with van der Waals surface area (Å²) in [6, 6.07) is 5.28. The lowest BCUT2D eigenvalue weighted by atomic mass is 10.1. The van der Waals surface area contributed by atoms with Gasteiger partial charge in [-0.2, -0.15) is 0 Å². The number of hydrogen-bond acceptors (Lipinski definition) is 3. The molecule has 0 bridgehead atoms. The van der Waals surface area contributed by atoms with Gasteiger partial charge in [-0.25, -0.2) is 14.4 Å². The van der Waals surface area contributed by atoms with Crippen LogP contribution in [0.1, 0.15) is 26.3 Å². The van der Waals surface area contributed by atoms with Gasteiger partial charge in [-0.05, 0) is 29.7 Å². The number of halogens is 2. The second-order valence-electron chi connectivity index (χ2n) is 7.07. The maximum absolute atomic E-state index is 14.8. The fourth-order valence-corrected chi connectivity index (χ4v) is 2.89. The lowest BCUT2D eigenvalue weighted by Gasteiger charge is -2.36. The van der Waals surface area contributed by atoms with Gasteiger partial charge >= 0.3 is 0 Å². The molecule has 0 spiro atoms. The highest BCUT2D eigenvalue weighted by atomic mass is 35.5. The van der Waals surface area contributed by atoms with Crippen molar-refractivity contribution in [3.8, 4) is 11.1 Å². The quantitative estimate of drug-likeness (QED) is 0.541. The van der Waals surface area contributed by atoms with E-state index in [4.69, 9.17) is 16.0 Å². The summed E-state index contributed by atoms with van der Waals surface area (Å²) in [5.74, 6) is -0.294. The minimum atomic E-state index is -1.92. The number of benzene rings is 1. The first-order valence-electron chi connectivity index (χ1n) is 7.51. The first-order valence-corrected chi connectivity index (χ1v) is 10.8. The van der Waals surface area contributed by atoms with Gasteiger partial charge in [0.1, 0.15) is 5.82 Å². The molecule has 1 aromatic heterocycles. The molecule has 0 saturated heterocycles. The zero-order valence-corrected chi connectivity index (χ0v) is 15.9. The Morgan fingerprint density at radius 2 is 1.78 bits per heavy atom. The summed E-state index contributed by atoms with van der Waals surface area (Å²) in [6.45, 7) is 11.1. The fraction of sp³-hybridized carbons (Fsp3) is 0.412. The van der Waals surface area contributed by atoms with Crippen LogP contribution in [0.4, 0.5) is 4.39 Å². The monoisotopic (exact) mass is 352 g/mol. The molecule has 2 aromatic rings. The van der Waals surface area contributed by atoms with Gasteiger partial charge < -0.3 is 4.43 Å². The first kappa shape index (κ1) is 18.0. The van der Waals surface area contributed by atoms with Crippen molar-refractivity contribution in [1.29, 1.82) is 0 Å². The van der Waals surface area contributed by atoms with E-state index in [0.29, 0.717) is 16.7 Å². The second kappa shape index (κ2) is 6.67. The highest BCUT2D eigenvalue weighted by Crippen LogP contribution is 2.37. The minimum Gasteiger partial charge on any atom is -0.412 e. The molecule has 0 unspecified atom stereocenters. The van der Waals surface area contributed by atoms with Gasteiger partial charge in [-0.1, -0.05) is 39.0 Å². The van der Waals surface area contributed by atoms with Crippen molar-refractivity contribution in [2.45, 2.75) is 45.5 Å². The van der Waals surface area contributed by atoms with Crippen LogP contribution in [0.3, 0.4) is 0 Å². The third-order valence-corrected chi connectivity index (χ3v) is 9.08. The Labute approximate surface area is 143 Å².